The summed E-state index contributed by atoms with van der Waals surface area (Å²) in [6.07, 6.45) is 5.53. The van der Waals surface area contributed by atoms with E-state index in [1.54, 1.807) is 13.8 Å². The SMILES string of the molecule is C#CC(CC)NC(=O)NC(=O)CC(C)(C)CC(=O)O. The smallest absolute Gasteiger partial charge is 0.322 e. The number of urea groups is 1. The fraction of sp³-hybridized carbons (Fsp3) is 0.615. The molecule has 0 aliphatic heterocycles. The van der Waals surface area contributed by atoms with Crippen LogP contribution in [0.4, 0.5) is 4.79 Å². The van der Waals surface area contributed by atoms with Crippen molar-refractivity contribution in [3.8, 4) is 12.3 Å². The third-order valence-corrected chi connectivity index (χ3v) is 2.44. The molecule has 19 heavy (non-hydrogen) atoms. The number of nitrogens with one attached hydrogen (secondary N) is 2. The quantitative estimate of drug-likeness (QED) is 0.629. The number of carboxylic acid groups (broad SMARTS) is 1. The maximum atomic E-state index is 11.6. The Morgan fingerprint density at radius 1 is 1.32 bits per heavy atom. The third kappa shape index (κ3) is 7.82. The summed E-state index contributed by atoms with van der Waals surface area (Å²) in [5.41, 5.74) is -0.716. The fourth-order valence-corrected chi connectivity index (χ4v) is 1.53. The second kappa shape index (κ2) is 7.41. The maximum absolute atomic E-state index is 11.6. The largest absolute Gasteiger partial charge is 0.481 e. The van der Waals surface area contributed by atoms with E-state index in [0.29, 0.717) is 6.42 Å². The Balaban J connectivity index is 4.28. The number of carboxylic acids is 1. The zero-order chi connectivity index (χ0) is 15.1. The predicted octanol–water partition coefficient (Wildman–Crippen LogP) is 1.11. The van der Waals surface area contributed by atoms with E-state index < -0.39 is 29.4 Å². The molecule has 106 valence electrons. The molecule has 0 saturated carbocycles. The molecule has 0 aromatic carbocycles. The van der Waals surface area contributed by atoms with Crippen LogP contribution in [0, 0.1) is 17.8 Å². The van der Waals surface area contributed by atoms with Gasteiger partial charge in [-0.25, -0.2) is 4.79 Å². The van der Waals surface area contributed by atoms with E-state index in [9.17, 15) is 14.4 Å². The van der Waals surface area contributed by atoms with Crippen molar-refractivity contribution in [2.45, 2.75) is 46.1 Å². The molecule has 1 unspecified atom stereocenters. The Morgan fingerprint density at radius 3 is 2.32 bits per heavy atom. The Bertz CT molecular complexity index is 396. The molecule has 1 atom stereocenters. The predicted molar refractivity (Wildman–Crippen MR) is 70.2 cm³/mol. The van der Waals surface area contributed by atoms with Crippen molar-refractivity contribution in [3.63, 3.8) is 0 Å². The van der Waals surface area contributed by atoms with Gasteiger partial charge in [0.25, 0.3) is 0 Å². The number of aliphatic carboxylic acids is 1. The highest BCUT2D eigenvalue weighted by molar-refractivity contribution is 5.94. The van der Waals surface area contributed by atoms with Crippen LogP contribution < -0.4 is 10.6 Å². The summed E-state index contributed by atoms with van der Waals surface area (Å²) >= 11 is 0. The van der Waals surface area contributed by atoms with Gasteiger partial charge in [-0.05, 0) is 11.8 Å². The molecule has 0 aromatic heterocycles. The minimum absolute atomic E-state index is 0.0560. The van der Waals surface area contributed by atoms with Crippen LogP contribution >= 0.6 is 0 Å². The van der Waals surface area contributed by atoms with Gasteiger partial charge in [-0.3, -0.25) is 14.9 Å². The number of terminal acetylenes is 1. The van der Waals surface area contributed by atoms with Gasteiger partial charge in [-0.2, -0.15) is 0 Å². The normalized spacial score (nSPS) is 12.1. The van der Waals surface area contributed by atoms with Gasteiger partial charge in [0.1, 0.15) is 0 Å². The van der Waals surface area contributed by atoms with E-state index in [0.717, 1.165) is 0 Å². The minimum atomic E-state index is -0.986. The first kappa shape index (κ1) is 17.0. The van der Waals surface area contributed by atoms with Crippen LogP contribution in [-0.2, 0) is 9.59 Å². The molecule has 0 fully saturated rings. The number of hydrogen-bond donors (Lipinski definition) is 3. The van der Waals surface area contributed by atoms with Gasteiger partial charge in [0.05, 0.1) is 12.5 Å². The number of hydrogen-bond acceptors (Lipinski definition) is 3. The average molecular weight is 268 g/mol. The summed E-state index contributed by atoms with van der Waals surface area (Å²) in [6.45, 7) is 5.10. The van der Waals surface area contributed by atoms with E-state index in [2.05, 4.69) is 16.6 Å². The summed E-state index contributed by atoms with van der Waals surface area (Å²) in [7, 11) is 0. The van der Waals surface area contributed by atoms with Crippen LogP contribution in [0.3, 0.4) is 0 Å². The second-order valence-electron chi connectivity index (χ2n) is 5.06. The standard InChI is InChI=1S/C13H20N2O4/c1-5-9(6-2)14-12(19)15-10(16)7-13(3,4)8-11(17)18/h1,9H,6-8H2,2-4H3,(H,17,18)(H2,14,15,16,19). The molecule has 0 radical (unpaired) electrons. The summed E-state index contributed by atoms with van der Waals surface area (Å²) in [5, 5.41) is 13.3. The molecule has 3 amide bonds. The molecule has 3 N–H and O–H groups in total. The van der Waals surface area contributed by atoms with Crippen LogP contribution in [0.1, 0.15) is 40.0 Å². The van der Waals surface area contributed by atoms with Crippen molar-refractivity contribution in [1.82, 2.24) is 10.6 Å². The first-order valence-electron chi connectivity index (χ1n) is 5.98. The molecule has 0 saturated heterocycles. The Hall–Kier alpha value is -2.03. The van der Waals surface area contributed by atoms with Crippen LogP contribution in [0.15, 0.2) is 0 Å². The Kier molecular flexibility index (Phi) is 6.62. The minimum Gasteiger partial charge on any atom is -0.481 e. The molecule has 0 aliphatic rings. The van der Waals surface area contributed by atoms with Crippen molar-refractivity contribution in [3.05, 3.63) is 0 Å². The van der Waals surface area contributed by atoms with Gasteiger partial charge in [-0.15, -0.1) is 6.42 Å². The molecule has 6 heteroatoms. The van der Waals surface area contributed by atoms with Gasteiger partial charge < -0.3 is 10.4 Å². The molecule has 0 aliphatic carbocycles. The van der Waals surface area contributed by atoms with E-state index in [4.69, 9.17) is 11.5 Å². The van der Waals surface area contributed by atoms with Crippen molar-refractivity contribution in [2.75, 3.05) is 0 Å². The summed E-state index contributed by atoms with van der Waals surface area (Å²) < 4.78 is 0. The maximum Gasteiger partial charge on any atom is 0.322 e. The summed E-state index contributed by atoms with van der Waals surface area (Å²) in [4.78, 5) is 33.6. The van der Waals surface area contributed by atoms with Crippen LogP contribution in [0.5, 0.6) is 0 Å². The van der Waals surface area contributed by atoms with Gasteiger partial charge in [0, 0.05) is 6.42 Å². The molecule has 0 rings (SSSR count). The molecule has 0 spiro atoms. The highest BCUT2D eigenvalue weighted by atomic mass is 16.4. The Morgan fingerprint density at radius 2 is 1.89 bits per heavy atom. The monoisotopic (exact) mass is 268 g/mol. The van der Waals surface area contributed by atoms with E-state index in [1.807, 2.05) is 6.92 Å². The Labute approximate surface area is 112 Å². The lowest BCUT2D eigenvalue weighted by Crippen LogP contribution is -2.44. The summed E-state index contributed by atoms with van der Waals surface area (Å²) in [5.74, 6) is 0.852. The van der Waals surface area contributed by atoms with Gasteiger partial charge >= 0.3 is 12.0 Å². The number of rotatable bonds is 6. The number of carbonyl (C=O) groups excluding carboxylic acids is 2. The van der Waals surface area contributed by atoms with Gasteiger partial charge in [0.15, 0.2) is 0 Å². The lowest BCUT2D eigenvalue weighted by molar-refractivity contribution is -0.139. The number of amides is 3. The lowest BCUT2D eigenvalue weighted by Gasteiger charge is -2.21. The fourth-order valence-electron chi connectivity index (χ4n) is 1.53. The molecule has 0 bridgehead atoms. The molecule has 6 nitrogen and oxygen atoms in total. The second-order valence-corrected chi connectivity index (χ2v) is 5.06. The molecule has 0 aromatic rings. The first-order chi connectivity index (χ1) is 8.70. The zero-order valence-corrected chi connectivity index (χ0v) is 11.4. The van der Waals surface area contributed by atoms with Gasteiger partial charge in [0.2, 0.25) is 5.91 Å². The van der Waals surface area contributed by atoms with Crippen molar-refractivity contribution < 1.29 is 19.5 Å². The van der Waals surface area contributed by atoms with Crippen molar-refractivity contribution >= 4 is 17.9 Å². The van der Waals surface area contributed by atoms with Crippen molar-refractivity contribution in [1.29, 1.82) is 0 Å². The number of carbonyl (C=O) groups is 3. The van der Waals surface area contributed by atoms with Gasteiger partial charge in [-0.1, -0.05) is 26.7 Å². The lowest BCUT2D eigenvalue weighted by atomic mass is 9.85. The molecular formula is C13H20N2O4. The first-order valence-corrected chi connectivity index (χ1v) is 5.98. The zero-order valence-electron chi connectivity index (χ0n) is 11.4. The topological polar surface area (TPSA) is 95.5 Å². The third-order valence-electron chi connectivity index (χ3n) is 2.44. The van der Waals surface area contributed by atoms with E-state index in [1.165, 1.54) is 0 Å². The van der Waals surface area contributed by atoms with Crippen molar-refractivity contribution in [2.24, 2.45) is 5.41 Å². The highest BCUT2D eigenvalue weighted by Crippen LogP contribution is 2.24. The molecular weight excluding hydrogens is 248 g/mol. The van der Waals surface area contributed by atoms with E-state index >= 15 is 0 Å². The van der Waals surface area contributed by atoms with Crippen LogP contribution in [0.2, 0.25) is 0 Å². The number of imide groups is 1. The summed E-state index contributed by atoms with van der Waals surface area (Å²) in [6, 6.07) is -1.10. The van der Waals surface area contributed by atoms with Crippen LogP contribution in [0.25, 0.3) is 0 Å². The average Bonchev–Trinajstić information content (AvgIpc) is 2.22. The van der Waals surface area contributed by atoms with E-state index in [-0.39, 0.29) is 12.8 Å². The van der Waals surface area contributed by atoms with Crippen LogP contribution in [-0.4, -0.2) is 29.1 Å². The molecule has 0 heterocycles. The highest BCUT2D eigenvalue weighted by Gasteiger charge is 2.26.